The summed E-state index contributed by atoms with van der Waals surface area (Å²) in [5.74, 6) is -0.0633. The fraction of sp³-hybridized carbons (Fsp3) is 0.400. The normalized spacial score (nSPS) is 21.6. The minimum absolute atomic E-state index is 0.0633. The predicted octanol–water partition coefficient (Wildman–Crippen LogP) is 2.88. The first-order valence-corrected chi connectivity index (χ1v) is 8.83. The number of halogens is 3. The predicted molar refractivity (Wildman–Crippen MR) is 82.2 cm³/mol. The van der Waals surface area contributed by atoms with E-state index in [0.717, 1.165) is 6.07 Å². The van der Waals surface area contributed by atoms with Gasteiger partial charge in [-0.2, -0.15) is 13.2 Å². The van der Waals surface area contributed by atoms with Crippen LogP contribution >= 0.6 is 0 Å². The number of hydrogen-bond donors (Lipinski definition) is 0. The van der Waals surface area contributed by atoms with E-state index in [1.165, 1.54) is 6.07 Å². The Morgan fingerprint density at radius 3 is 2.61 bits per heavy atom. The minimum Gasteiger partial charge on any atom is -0.369 e. The smallest absolute Gasteiger partial charge is 0.369 e. The summed E-state index contributed by atoms with van der Waals surface area (Å²) < 4.78 is 62.9. The van der Waals surface area contributed by atoms with Crippen LogP contribution in [0.1, 0.15) is 12.6 Å². The van der Waals surface area contributed by atoms with Gasteiger partial charge in [0.2, 0.25) is 0 Å². The molecule has 124 valence electrons. The van der Waals surface area contributed by atoms with Crippen molar-refractivity contribution in [2.24, 2.45) is 0 Å². The van der Waals surface area contributed by atoms with Gasteiger partial charge in [0.15, 0.2) is 9.84 Å². The van der Waals surface area contributed by atoms with E-state index in [4.69, 9.17) is 0 Å². The quantitative estimate of drug-likeness (QED) is 0.798. The van der Waals surface area contributed by atoms with Crippen molar-refractivity contribution in [2.45, 2.75) is 18.3 Å². The molecule has 0 aliphatic carbocycles. The van der Waals surface area contributed by atoms with E-state index in [-0.39, 0.29) is 24.4 Å². The Hall–Kier alpha value is -1.83. The van der Waals surface area contributed by atoms with E-state index in [9.17, 15) is 21.6 Å². The standard InChI is InChI=1S/C15H15F3N2O2S/c1-10-9-20(6-7-23(10,21)22)13-8-14(15(16,17)18)19-12-5-3-2-4-11(12)13/h2-5,8,10H,6-7,9H2,1H3. The summed E-state index contributed by atoms with van der Waals surface area (Å²) in [5, 5.41) is -0.0236. The number of hydrogen-bond acceptors (Lipinski definition) is 4. The van der Waals surface area contributed by atoms with Gasteiger partial charge in [0.1, 0.15) is 5.69 Å². The molecule has 1 unspecified atom stereocenters. The largest absolute Gasteiger partial charge is 0.433 e. The molecule has 2 heterocycles. The highest BCUT2D eigenvalue weighted by atomic mass is 32.2. The molecule has 23 heavy (non-hydrogen) atoms. The fourth-order valence-corrected chi connectivity index (χ4v) is 4.02. The van der Waals surface area contributed by atoms with Gasteiger partial charge in [0.05, 0.1) is 16.5 Å². The van der Waals surface area contributed by atoms with E-state index in [0.29, 0.717) is 11.1 Å². The Morgan fingerprint density at radius 1 is 1.26 bits per heavy atom. The van der Waals surface area contributed by atoms with E-state index >= 15 is 0 Å². The molecule has 1 fully saturated rings. The Labute approximate surface area is 131 Å². The van der Waals surface area contributed by atoms with Gasteiger partial charge in [-0.15, -0.1) is 0 Å². The zero-order chi connectivity index (χ0) is 16.8. The van der Waals surface area contributed by atoms with Crippen LogP contribution in [0.25, 0.3) is 10.9 Å². The van der Waals surface area contributed by atoms with Gasteiger partial charge >= 0.3 is 6.18 Å². The number of sulfone groups is 1. The van der Waals surface area contributed by atoms with E-state index < -0.39 is 27.0 Å². The highest BCUT2D eigenvalue weighted by Gasteiger charge is 2.35. The number of aromatic nitrogens is 1. The maximum absolute atomic E-state index is 13.1. The summed E-state index contributed by atoms with van der Waals surface area (Å²) in [6, 6.07) is 7.59. The first kappa shape index (κ1) is 16.0. The highest BCUT2D eigenvalue weighted by Crippen LogP contribution is 2.35. The molecule has 0 N–H and O–H groups in total. The number of nitrogens with zero attached hydrogens (tertiary/aromatic N) is 2. The molecule has 0 spiro atoms. The number of benzene rings is 1. The number of para-hydroxylation sites is 1. The van der Waals surface area contributed by atoms with Gasteiger partial charge in [-0.05, 0) is 19.1 Å². The molecule has 1 aromatic heterocycles. The number of fused-ring (bicyclic) bond motifs is 1. The molecule has 1 atom stereocenters. The van der Waals surface area contributed by atoms with E-state index in [2.05, 4.69) is 4.98 Å². The third kappa shape index (κ3) is 2.99. The van der Waals surface area contributed by atoms with Crippen LogP contribution in [-0.4, -0.2) is 37.5 Å². The number of rotatable bonds is 1. The third-order valence-electron chi connectivity index (χ3n) is 4.06. The Kier molecular flexibility index (Phi) is 3.74. The van der Waals surface area contributed by atoms with E-state index in [1.807, 2.05) is 0 Å². The van der Waals surface area contributed by atoms with Crippen molar-refractivity contribution in [1.29, 1.82) is 0 Å². The molecular formula is C15H15F3N2O2S. The van der Waals surface area contributed by atoms with Gasteiger partial charge in [0, 0.05) is 24.2 Å². The van der Waals surface area contributed by atoms with Crippen LogP contribution in [-0.2, 0) is 16.0 Å². The van der Waals surface area contributed by atoms with Crippen molar-refractivity contribution in [2.75, 3.05) is 23.7 Å². The minimum atomic E-state index is -4.55. The lowest BCUT2D eigenvalue weighted by Crippen LogP contribution is -2.45. The van der Waals surface area contributed by atoms with Crippen molar-refractivity contribution < 1.29 is 21.6 Å². The first-order valence-electron chi connectivity index (χ1n) is 7.12. The van der Waals surface area contributed by atoms with Crippen LogP contribution in [0.15, 0.2) is 30.3 Å². The van der Waals surface area contributed by atoms with Crippen LogP contribution in [0.2, 0.25) is 0 Å². The summed E-state index contributed by atoms with van der Waals surface area (Å²) in [4.78, 5) is 5.38. The van der Waals surface area contributed by atoms with Crippen LogP contribution < -0.4 is 4.90 Å². The summed E-state index contributed by atoms with van der Waals surface area (Å²) in [6.07, 6.45) is -4.55. The summed E-state index contributed by atoms with van der Waals surface area (Å²) in [5.41, 5.74) is -0.338. The Morgan fingerprint density at radius 2 is 1.96 bits per heavy atom. The zero-order valence-electron chi connectivity index (χ0n) is 12.3. The summed E-state index contributed by atoms with van der Waals surface area (Å²) >= 11 is 0. The van der Waals surface area contributed by atoms with Crippen LogP contribution in [0.5, 0.6) is 0 Å². The molecule has 1 aromatic carbocycles. The van der Waals surface area contributed by atoms with Gasteiger partial charge in [-0.25, -0.2) is 13.4 Å². The molecule has 2 aromatic rings. The number of alkyl halides is 3. The van der Waals surface area contributed by atoms with Crippen LogP contribution in [0.3, 0.4) is 0 Å². The molecule has 0 bridgehead atoms. The average molecular weight is 344 g/mol. The van der Waals surface area contributed by atoms with Crippen LogP contribution in [0.4, 0.5) is 18.9 Å². The monoisotopic (exact) mass is 344 g/mol. The van der Waals surface area contributed by atoms with Crippen molar-refractivity contribution in [3.63, 3.8) is 0 Å². The average Bonchev–Trinajstić information content (AvgIpc) is 2.48. The summed E-state index contributed by atoms with van der Waals surface area (Å²) in [7, 11) is -3.17. The van der Waals surface area contributed by atoms with Gasteiger partial charge < -0.3 is 4.90 Å². The molecule has 0 amide bonds. The molecule has 8 heteroatoms. The first-order chi connectivity index (χ1) is 10.7. The maximum atomic E-state index is 13.1. The topological polar surface area (TPSA) is 50.3 Å². The fourth-order valence-electron chi connectivity index (χ4n) is 2.74. The molecule has 0 saturated carbocycles. The van der Waals surface area contributed by atoms with Crippen molar-refractivity contribution >= 4 is 26.4 Å². The van der Waals surface area contributed by atoms with Crippen molar-refractivity contribution in [1.82, 2.24) is 4.98 Å². The SMILES string of the molecule is CC1CN(c2cc(C(F)(F)F)nc3ccccc23)CCS1(=O)=O. The second-order valence-electron chi connectivity index (χ2n) is 5.67. The van der Waals surface area contributed by atoms with Gasteiger partial charge in [-0.3, -0.25) is 0 Å². The second-order valence-corrected chi connectivity index (χ2v) is 8.20. The molecule has 4 nitrogen and oxygen atoms in total. The van der Waals surface area contributed by atoms with Gasteiger partial charge in [-0.1, -0.05) is 18.2 Å². The highest BCUT2D eigenvalue weighted by molar-refractivity contribution is 7.92. The lowest BCUT2D eigenvalue weighted by Gasteiger charge is -2.33. The number of pyridine rings is 1. The molecule has 3 rings (SSSR count). The molecular weight excluding hydrogens is 329 g/mol. The second kappa shape index (κ2) is 5.36. The van der Waals surface area contributed by atoms with Gasteiger partial charge in [0.25, 0.3) is 0 Å². The maximum Gasteiger partial charge on any atom is 0.433 e. The lowest BCUT2D eigenvalue weighted by molar-refractivity contribution is -0.140. The molecule has 1 saturated heterocycles. The summed E-state index contributed by atoms with van der Waals surface area (Å²) in [6.45, 7) is 1.93. The molecule has 1 aliphatic rings. The lowest BCUT2D eigenvalue weighted by atomic mass is 10.1. The van der Waals surface area contributed by atoms with E-state index in [1.54, 1.807) is 30.0 Å². The Balaban J connectivity index is 2.13. The van der Waals surface area contributed by atoms with Crippen molar-refractivity contribution in [3.05, 3.63) is 36.0 Å². The molecule has 1 aliphatic heterocycles. The third-order valence-corrected chi connectivity index (χ3v) is 6.19. The van der Waals surface area contributed by atoms with Crippen LogP contribution in [0, 0.1) is 0 Å². The number of anilines is 1. The zero-order valence-corrected chi connectivity index (χ0v) is 13.2. The molecule has 0 radical (unpaired) electrons. The Bertz CT molecular complexity index is 849. The van der Waals surface area contributed by atoms with Crippen molar-refractivity contribution in [3.8, 4) is 0 Å².